The van der Waals surface area contributed by atoms with Gasteiger partial charge in [-0.2, -0.15) is 5.10 Å². The molecule has 0 fully saturated rings. The molecule has 0 amide bonds. The van der Waals surface area contributed by atoms with Gasteiger partial charge in [-0.15, -0.1) is 11.3 Å². The molecule has 0 radical (unpaired) electrons. The van der Waals surface area contributed by atoms with E-state index in [4.69, 9.17) is 9.47 Å². The summed E-state index contributed by atoms with van der Waals surface area (Å²) in [6.45, 7) is 6.48. The van der Waals surface area contributed by atoms with Gasteiger partial charge < -0.3 is 9.47 Å². The van der Waals surface area contributed by atoms with Crippen molar-refractivity contribution < 1.29 is 9.47 Å². The maximum atomic E-state index is 6.08. The fourth-order valence-corrected chi connectivity index (χ4v) is 3.37. The fraction of sp³-hybridized carbons (Fsp3) is 0.238. The number of thiazole rings is 1. The molecule has 0 saturated heterocycles. The maximum absolute atomic E-state index is 6.08. The highest BCUT2D eigenvalue weighted by Crippen LogP contribution is 2.26. The summed E-state index contributed by atoms with van der Waals surface area (Å²) >= 11 is 1.53. The average molecular weight is 382 g/mol. The Morgan fingerprint density at radius 1 is 1.15 bits per heavy atom. The van der Waals surface area contributed by atoms with Crippen LogP contribution in [0, 0.1) is 20.8 Å². The van der Waals surface area contributed by atoms with E-state index >= 15 is 0 Å². The van der Waals surface area contributed by atoms with Gasteiger partial charge in [0.15, 0.2) is 0 Å². The van der Waals surface area contributed by atoms with E-state index in [1.54, 1.807) is 13.3 Å². The molecule has 2 aromatic carbocycles. The predicted octanol–water partition coefficient (Wildman–Crippen LogP) is 5.10. The lowest BCUT2D eigenvalue weighted by Crippen LogP contribution is -2.02. The fourth-order valence-electron chi connectivity index (χ4n) is 2.74. The number of hydrazone groups is 1. The predicted molar refractivity (Wildman–Crippen MR) is 111 cm³/mol. The number of hydrogen-bond acceptors (Lipinski definition) is 6. The van der Waals surface area contributed by atoms with Gasteiger partial charge in [-0.1, -0.05) is 18.2 Å². The number of methoxy groups -OCH3 is 1. The Labute approximate surface area is 163 Å². The van der Waals surface area contributed by atoms with Crippen LogP contribution in [0.2, 0.25) is 0 Å². The Morgan fingerprint density at radius 2 is 1.93 bits per heavy atom. The van der Waals surface area contributed by atoms with Crippen LogP contribution in [0.5, 0.6) is 11.5 Å². The van der Waals surface area contributed by atoms with Crippen molar-refractivity contribution in [3.63, 3.8) is 0 Å². The quantitative estimate of drug-likeness (QED) is 0.457. The third-order valence-corrected chi connectivity index (χ3v) is 4.94. The maximum Gasteiger partial charge on any atom is 0.203 e. The van der Waals surface area contributed by atoms with Crippen LogP contribution >= 0.6 is 11.3 Å². The highest BCUT2D eigenvalue weighted by atomic mass is 32.1. The van der Waals surface area contributed by atoms with Crippen molar-refractivity contribution in [2.45, 2.75) is 27.4 Å². The zero-order valence-corrected chi connectivity index (χ0v) is 16.8. The van der Waals surface area contributed by atoms with Gasteiger partial charge in [0.25, 0.3) is 0 Å². The van der Waals surface area contributed by atoms with Gasteiger partial charge in [0.1, 0.15) is 18.1 Å². The van der Waals surface area contributed by atoms with Crippen LogP contribution in [-0.4, -0.2) is 18.3 Å². The van der Waals surface area contributed by atoms with Crippen LogP contribution in [0.25, 0.3) is 0 Å². The van der Waals surface area contributed by atoms with E-state index in [9.17, 15) is 0 Å². The second-order valence-corrected chi connectivity index (χ2v) is 7.10. The number of aromatic nitrogens is 1. The molecule has 0 aliphatic carbocycles. The lowest BCUT2D eigenvalue weighted by Gasteiger charge is -2.14. The topological polar surface area (TPSA) is 55.7 Å². The SMILES string of the molecule is COc1ccc(C=NNc2nc(C)cs2)cc1COc1c(C)cccc1C. The molecule has 0 atom stereocenters. The Bertz CT molecular complexity index is 930. The van der Waals surface area contributed by atoms with Gasteiger partial charge in [-0.05, 0) is 55.7 Å². The van der Waals surface area contributed by atoms with Crippen molar-refractivity contribution in [3.8, 4) is 11.5 Å². The molecule has 140 valence electrons. The van der Waals surface area contributed by atoms with E-state index in [-0.39, 0.29) is 0 Å². The van der Waals surface area contributed by atoms with E-state index in [0.717, 1.165) is 44.6 Å². The summed E-state index contributed by atoms with van der Waals surface area (Å²) in [4.78, 5) is 4.32. The number of hydrogen-bond donors (Lipinski definition) is 1. The van der Waals surface area contributed by atoms with Crippen LogP contribution in [0.4, 0.5) is 5.13 Å². The minimum absolute atomic E-state index is 0.426. The van der Waals surface area contributed by atoms with Crippen molar-refractivity contribution in [2.75, 3.05) is 12.5 Å². The molecule has 3 rings (SSSR count). The number of para-hydroxylation sites is 1. The Kier molecular flexibility index (Phi) is 6.08. The molecule has 27 heavy (non-hydrogen) atoms. The van der Waals surface area contributed by atoms with Crippen LogP contribution < -0.4 is 14.9 Å². The summed E-state index contributed by atoms with van der Waals surface area (Å²) < 4.78 is 11.6. The number of benzene rings is 2. The first-order valence-corrected chi connectivity index (χ1v) is 9.52. The van der Waals surface area contributed by atoms with E-state index < -0.39 is 0 Å². The molecule has 1 N–H and O–H groups in total. The Hall–Kier alpha value is -2.86. The first-order chi connectivity index (χ1) is 13.1. The molecule has 3 aromatic rings. The summed E-state index contributed by atoms with van der Waals surface area (Å²) in [5.41, 5.74) is 8.09. The summed E-state index contributed by atoms with van der Waals surface area (Å²) in [5, 5.41) is 7.01. The number of nitrogens with one attached hydrogen (secondary N) is 1. The van der Waals surface area contributed by atoms with Crippen molar-refractivity contribution >= 4 is 22.7 Å². The number of ether oxygens (including phenoxy) is 2. The molecule has 0 aliphatic heterocycles. The third-order valence-electron chi connectivity index (χ3n) is 4.08. The summed E-state index contributed by atoms with van der Waals surface area (Å²) in [6, 6.07) is 12.0. The third kappa shape index (κ3) is 4.86. The first kappa shape index (κ1) is 18.9. The molecule has 0 spiro atoms. The first-order valence-electron chi connectivity index (χ1n) is 8.64. The average Bonchev–Trinajstić information content (AvgIpc) is 3.07. The minimum Gasteiger partial charge on any atom is -0.496 e. The molecule has 1 heterocycles. The number of rotatable bonds is 7. The molecular formula is C21H23N3O2S. The standard InChI is InChI=1S/C21H23N3O2S/c1-14-6-5-7-15(2)20(14)26-12-18-10-17(8-9-19(18)25-4)11-22-24-21-23-16(3)13-27-21/h5-11,13H,12H2,1-4H3,(H,23,24). The van der Waals surface area contributed by atoms with Gasteiger partial charge in [0, 0.05) is 10.9 Å². The highest BCUT2D eigenvalue weighted by Gasteiger charge is 2.08. The van der Waals surface area contributed by atoms with E-state index in [1.807, 2.05) is 36.6 Å². The second kappa shape index (κ2) is 8.68. The number of anilines is 1. The van der Waals surface area contributed by atoms with Crippen molar-refractivity contribution in [2.24, 2.45) is 5.10 Å². The molecule has 0 bridgehead atoms. The smallest absolute Gasteiger partial charge is 0.203 e. The van der Waals surface area contributed by atoms with E-state index in [2.05, 4.69) is 41.5 Å². The van der Waals surface area contributed by atoms with Crippen LogP contribution in [0.1, 0.15) is 27.9 Å². The molecule has 0 unspecified atom stereocenters. The van der Waals surface area contributed by atoms with Crippen molar-refractivity contribution in [1.82, 2.24) is 4.98 Å². The molecule has 1 aromatic heterocycles. The summed E-state index contributed by atoms with van der Waals surface area (Å²) in [5.74, 6) is 1.71. The van der Waals surface area contributed by atoms with E-state index in [0.29, 0.717) is 6.61 Å². The van der Waals surface area contributed by atoms with Gasteiger partial charge in [0.2, 0.25) is 5.13 Å². The number of aryl methyl sites for hydroxylation is 3. The zero-order valence-electron chi connectivity index (χ0n) is 15.9. The second-order valence-electron chi connectivity index (χ2n) is 6.24. The largest absolute Gasteiger partial charge is 0.496 e. The van der Waals surface area contributed by atoms with Crippen LogP contribution in [0.15, 0.2) is 46.9 Å². The van der Waals surface area contributed by atoms with Gasteiger partial charge in [-0.25, -0.2) is 4.98 Å². The van der Waals surface area contributed by atoms with E-state index in [1.165, 1.54) is 11.3 Å². The number of nitrogens with zero attached hydrogens (tertiary/aromatic N) is 2. The Balaban J connectivity index is 1.73. The van der Waals surface area contributed by atoms with Crippen LogP contribution in [0.3, 0.4) is 0 Å². The van der Waals surface area contributed by atoms with Crippen molar-refractivity contribution in [1.29, 1.82) is 0 Å². The van der Waals surface area contributed by atoms with Gasteiger partial charge in [0.05, 0.1) is 19.0 Å². The van der Waals surface area contributed by atoms with Gasteiger partial charge in [-0.3, -0.25) is 5.43 Å². The van der Waals surface area contributed by atoms with Gasteiger partial charge >= 0.3 is 0 Å². The monoisotopic (exact) mass is 381 g/mol. The molecule has 0 aliphatic rings. The summed E-state index contributed by atoms with van der Waals surface area (Å²) in [6.07, 6.45) is 1.76. The molecular weight excluding hydrogens is 358 g/mol. The van der Waals surface area contributed by atoms with Crippen molar-refractivity contribution in [3.05, 3.63) is 69.7 Å². The molecule has 6 heteroatoms. The lowest BCUT2D eigenvalue weighted by molar-refractivity contribution is 0.293. The highest BCUT2D eigenvalue weighted by molar-refractivity contribution is 7.13. The Morgan fingerprint density at radius 3 is 2.59 bits per heavy atom. The lowest BCUT2D eigenvalue weighted by atomic mass is 10.1. The molecule has 5 nitrogen and oxygen atoms in total. The summed E-state index contributed by atoms with van der Waals surface area (Å²) in [7, 11) is 1.66. The molecule has 0 saturated carbocycles. The zero-order chi connectivity index (χ0) is 19.2. The van der Waals surface area contributed by atoms with Crippen LogP contribution in [-0.2, 0) is 6.61 Å². The minimum atomic E-state index is 0.426. The normalized spacial score (nSPS) is 11.0.